The molecule has 3 nitrogen and oxygen atoms in total. The van der Waals surface area contributed by atoms with Gasteiger partial charge in [-0.3, -0.25) is 0 Å². The molecule has 1 aromatic carbocycles. The van der Waals surface area contributed by atoms with Crippen LogP contribution in [0, 0.1) is 5.82 Å². The third-order valence-electron chi connectivity index (χ3n) is 3.97. The molecule has 0 saturated heterocycles. The zero-order chi connectivity index (χ0) is 14.0. The molecule has 0 spiro atoms. The normalized spacial score (nSPS) is 13.9. The van der Waals surface area contributed by atoms with Crippen molar-refractivity contribution in [2.24, 2.45) is 5.73 Å². The summed E-state index contributed by atoms with van der Waals surface area (Å²) in [7, 11) is 1.66. The van der Waals surface area contributed by atoms with E-state index in [0.29, 0.717) is 11.3 Å². The molecule has 2 rings (SSSR count). The number of rotatable bonds is 5. The quantitative estimate of drug-likeness (QED) is 0.895. The van der Waals surface area contributed by atoms with Crippen molar-refractivity contribution in [3.63, 3.8) is 0 Å². The summed E-state index contributed by atoms with van der Waals surface area (Å²) in [5.41, 5.74) is 6.49. The van der Waals surface area contributed by atoms with Crippen LogP contribution in [-0.4, -0.2) is 12.7 Å². The molecule has 0 amide bonds. The van der Waals surface area contributed by atoms with E-state index in [-0.39, 0.29) is 11.9 Å². The summed E-state index contributed by atoms with van der Waals surface area (Å²) in [6, 6.07) is 5.87. The number of benzene rings is 1. The van der Waals surface area contributed by atoms with Crippen LogP contribution in [0.5, 0.6) is 0 Å². The minimum atomic E-state index is -0.452. The second kappa shape index (κ2) is 5.31. The molecule has 1 aromatic heterocycles. The summed E-state index contributed by atoms with van der Waals surface area (Å²) in [5.74, 6) is 0.351. The molecule has 0 aliphatic rings. The SMILES string of the molecule is CCC(CC)(OC)C(N)c1cc2cc(F)ccc2o1. The Hall–Kier alpha value is -1.39. The maximum Gasteiger partial charge on any atom is 0.134 e. The standard InChI is InChI=1S/C15H20FNO2/c1-4-15(5-2,18-3)14(17)13-9-10-8-11(16)6-7-12(10)19-13/h6-9,14H,4-5,17H2,1-3H3. The second-order valence-corrected chi connectivity index (χ2v) is 4.78. The number of fused-ring (bicyclic) bond motifs is 1. The number of hydrogen-bond donors (Lipinski definition) is 1. The Morgan fingerprint density at radius 1 is 1.32 bits per heavy atom. The van der Waals surface area contributed by atoms with E-state index in [2.05, 4.69) is 0 Å². The molecule has 0 fully saturated rings. The molecule has 0 aliphatic heterocycles. The van der Waals surface area contributed by atoms with Gasteiger partial charge in [-0.15, -0.1) is 0 Å². The van der Waals surface area contributed by atoms with Crippen molar-refractivity contribution in [2.45, 2.75) is 38.3 Å². The first-order valence-corrected chi connectivity index (χ1v) is 6.56. The lowest BCUT2D eigenvalue weighted by Crippen LogP contribution is -2.41. The maximum atomic E-state index is 13.2. The third-order valence-corrected chi connectivity index (χ3v) is 3.97. The van der Waals surface area contributed by atoms with Gasteiger partial charge in [-0.2, -0.15) is 0 Å². The van der Waals surface area contributed by atoms with E-state index in [9.17, 15) is 4.39 Å². The van der Waals surface area contributed by atoms with Crippen molar-refractivity contribution >= 4 is 11.0 Å². The van der Waals surface area contributed by atoms with Gasteiger partial charge in [-0.1, -0.05) is 13.8 Å². The van der Waals surface area contributed by atoms with Gasteiger partial charge < -0.3 is 14.9 Å². The third kappa shape index (κ3) is 2.38. The van der Waals surface area contributed by atoms with Gasteiger partial charge in [0.15, 0.2) is 0 Å². The monoisotopic (exact) mass is 265 g/mol. The highest BCUT2D eigenvalue weighted by Gasteiger charge is 2.36. The Kier molecular flexibility index (Phi) is 3.92. The number of methoxy groups -OCH3 is 1. The Labute approximate surface area is 112 Å². The molecule has 104 valence electrons. The summed E-state index contributed by atoms with van der Waals surface area (Å²) in [4.78, 5) is 0. The van der Waals surface area contributed by atoms with Crippen molar-refractivity contribution in [1.29, 1.82) is 0 Å². The Morgan fingerprint density at radius 3 is 2.58 bits per heavy atom. The van der Waals surface area contributed by atoms with Crippen LogP contribution in [0.3, 0.4) is 0 Å². The van der Waals surface area contributed by atoms with Gasteiger partial charge in [0, 0.05) is 12.5 Å². The first kappa shape index (κ1) is 14.0. The molecule has 0 aliphatic carbocycles. The molecule has 0 bridgehead atoms. The van der Waals surface area contributed by atoms with Gasteiger partial charge in [0.25, 0.3) is 0 Å². The van der Waals surface area contributed by atoms with Gasteiger partial charge >= 0.3 is 0 Å². The minimum absolute atomic E-state index is 0.280. The van der Waals surface area contributed by atoms with Crippen LogP contribution in [0.2, 0.25) is 0 Å². The number of nitrogens with two attached hydrogens (primary N) is 1. The van der Waals surface area contributed by atoms with Crippen LogP contribution in [0.1, 0.15) is 38.5 Å². The molecule has 1 unspecified atom stereocenters. The highest BCUT2D eigenvalue weighted by atomic mass is 19.1. The molecule has 19 heavy (non-hydrogen) atoms. The fraction of sp³-hybridized carbons (Fsp3) is 0.467. The lowest BCUT2D eigenvalue weighted by Gasteiger charge is -2.34. The lowest BCUT2D eigenvalue weighted by atomic mass is 9.87. The first-order chi connectivity index (χ1) is 9.06. The predicted molar refractivity (Wildman–Crippen MR) is 73.4 cm³/mol. The van der Waals surface area contributed by atoms with Crippen molar-refractivity contribution < 1.29 is 13.5 Å². The Morgan fingerprint density at radius 2 is 2.00 bits per heavy atom. The summed E-state index contributed by atoms with van der Waals surface area (Å²) in [6.07, 6.45) is 1.57. The molecule has 0 radical (unpaired) electrons. The van der Waals surface area contributed by atoms with Gasteiger partial charge in [0.05, 0.1) is 11.6 Å². The van der Waals surface area contributed by atoms with E-state index in [4.69, 9.17) is 14.9 Å². The molecular weight excluding hydrogens is 245 g/mol. The van der Waals surface area contributed by atoms with Crippen LogP contribution in [0.15, 0.2) is 28.7 Å². The topological polar surface area (TPSA) is 48.4 Å². The summed E-state index contributed by atoms with van der Waals surface area (Å²) in [6.45, 7) is 4.07. The van der Waals surface area contributed by atoms with Gasteiger partial charge in [0.1, 0.15) is 17.2 Å². The van der Waals surface area contributed by atoms with E-state index in [1.54, 1.807) is 19.2 Å². The summed E-state index contributed by atoms with van der Waals surface area (Å²) in [5, 5.41) is 0.725. The van der Waals surface area contributed by atoms with E-state index in [1.807, 2.05) is 13.8 Å². The van der Waals surface area contributed by atoms with Crippen LogP contribution < -0.4 is 5.73 Å². The highest BCUT2D eigenvalue weighted by Crippen LogP contribution is 2.35. The first-order valence-electron chi connectivity index (χ1n) is 6.56. The molecule has 4 heteroatoms. The largest absolute Gasteiger partial charge is 0.459 e. The molecule has 2 aromatic rings. The van der Waals surface area contributed by atoms with E-state index >= 15 is 0 Å². The van der Waals surface area contributed by atoms with E-state index in [1.165, 1.54) is 12.1 Å². The Balaban J connectivity index is 2.43. The van der Waals surface area contributed by atoms with Crippen molar-refractivity contribution in [3.8, 4) is 0 Å². The van der Waals surface area contributed by atoms with Crippen LogP contribution >= 0.6 is 0 Å². The zero-order valence-corrected chi connectivity index (χ0v) is 11.6. The highest BCUT2D eigenvalue weighted by molar-refractivity contribution is 5.78. The number of furan rings is 1. The molecule has 1 atom stereocenters. The fourth-order valence-electron chi connectivity index (χ4n) is 2.55. The van der Waals surface area contributed by atoms with Gasteiger partial charge in [0.2, 0.25) is 0 Å². The molecule has 0 saturated carbocycles. The zero-order valence-electron chi connectivity index (χ0n) is 11.6. The van der Waals surface area contributed by atoms with E-state index in [0.717, 1.165) is 18.2 Å². The predicted octanol–water partition coefficient (Wildman–Crippen LogP) is 3.78. The molecule has 2 N–H and O–H groups in total. The number of hydrogen-bond acceptors (Lipinski definition) is 3. The molecule has 1 heterocycles. The average molecular weight is 265 g/mol. The molecular formula is C15H20FNO2. The van der Waals surface area contributed by atoms with Crippen molar-refractivity contribution in [3.05, 3.63) is 35.8 Å². The maximum absolute atomic E-state index is 13.2. The number of ether oxygens (including phenoxy) is 1. The summed E-state index contributed by atoms with van der Waals surface area (Å²) < 4.78 is 24.5. The number of halogens is 1. The van der Waals surface area contributed by atoms with Gasteiger partial charge in [-0.25, -0.2) is 4.39 Å². The lowest BCUT2D eigenvalue weighted by molar-refractivity contribution is -0.0428. The Bertz CT molecular complexity index is 552. The van der Waals surface area contributed by atoms with Crippen LogP contribution in [0.4, 0.5) is 4.39 Å². The fourth-order valence-corrected chi connectivity index (χ4v) is 2.55. The smallest absolute Gasteiger partial charge is 0.134 e. The van der Waals surface area contributed by atoms with Gasteiger partial charge in [-0.05, 0) is 37.1 Å². The average Bonchev–Trinajstić information content (AvgIpc) is 2.84. The van der Waals surface area contributed by atoms with Crippen molar-refractivity contribution in [2.75, 3.05) is 7.11 Å². The summed E-state index contributed by atoms with van der Waals surface area (Å²) >= 11 is 0. The van der Waals surface area contributed by atoms with Crippen LogP contribution in [-0.2, 0) is 4.74 Å². The van der Waals surface area contributed by atoms with Crippen LogP contribution in [0.25, 0.3) is 11.0 Å². The second-order valence-electron chi connectivity index (χ2n) is 4.78. The van der Waals surface area contributed by atoms with Crippen molar-refractivity contribution in [1.82, 2.24) is 0 Å². The van der Waals surface area contributed by atoms with E-state index < -0.39 is 5.60 Å². The minimum Gasteiger partial charge on any atom is -0.459 e.